The van der Waals surface area contributed by atoms with Gasteiger partial charge in [-0.3, -0.25) is 9.59 Å². The third-order valence-corrected chi connectivity index (χ3v) is 4.07. The van der Waals surface area contributed by atoms with Gasteiger partial charge >= 0.3 is 5.97 Å². The van der Waals surface area contributed by atoms with Crippen molar-refractivity contribution in [3.63, 3.8) is 0 Å². The number of hydrogen-bond donors (Lipinski definition) is 1. The first kappa shape index (κ1) is 14.9. The van der Waals surface area contributed by atoms with Crippen LogP contribution in [0.4, 0.5) is 0 Å². The minimum absolute atomic E-state index is 0.127. The topological polar surface area (TPSA) is 71.4 Å². The number of benzene rings is 2. The van der Waals surface area contributed by atoms with Crippen molar-refractivity contribution in [1.29, 1.82) is 0 Å². The number of Topliss-reactive ketones (excluding diaryl/α,β-unsaturated/α-hetero) is 2. The molecule has 0 fully saturated rings. The first-order valence-electron chi connectivity index (χ1n) is 7.19. The van der Waals surface area contributed by atoms with Crippen molar-refractivity contribution in [2.45, 2.75) is 13.3 Å². The maximum Gasteiger partial charge on any atom is 0.335 e. The fourth-order valence-electron chi connectivity index (χ4n) is 2.73. The summed E-state index contributed by atoms with van der Waals surface area (Å²) in [7, 11) is 0. The van der Waals surface area contributed by atoms with Gasteiger partial charge in [0.15, 0.2) is 11.6 Å². The van der Waals surface area contributed by atoms with Crippen LogP contribution in [0.2, 0.25) is 0 Å². The number of hydrogen-bond acceptors (Lipinski definition) is 3. The molecule has 3 rings (SSSR count). The molecule has 0 saturated heterocycles. The number of carbonyl (C=O) groups is 3. The summed E-state index contributed by atoms with van der Waals surface area (Å²) < 4.78 is 0. The van der Waals surface area contributed by atoms with E-state index in [4.69, 9.17) is 5.11 Å². The Morgan fingerprint density at radius 3 is 2.04 bits per heavy atom. The Morgan fingerprint density at radius 2 is 1.48 bits per heavy atom. The summed E-state index contributed by atoms with van der Waals surface area (Å²) in [5.74, 6) is -1.26. The van der Waals surface area contributed by atoms with Gasteiger partial charge in [-0.25, -0.2) is 4.79 Å². The van der Waals surface area contributed by atoms with Gasteiger partial charge < -0.3 is 5.11 Å². The van der Waals surface area contributed by atoms with Crippen LogP contribution in [0.5, 0.6) is 0 Å². The number of rotatable bonds is 3. The summed E-state index contributed by atoms with van der Waals surface area (Å²) in [5, 5.41) is 8.92. The van der Waals surface area contributed by atoms with Gasteiger partial charge in [0.25, 0.3) is 0 Å². The van der Waals surface area contributed by atoms with Crippen molar-refractivity contribution >= 4 is 17.5 Å². The summed E-state index contributed by atoms with van der Waals surface area (Å²) in [5.41, 5.74) is 2.79. The standard InChI is InChI=1S/C19H14O4/c1-11-16(10-12-6-8-13(9-7-12)19(22)23)18(21)15-5-3-2-4-14(15)17(11)20/h2-9H,10H2,1H3,(H,22,23). The molecule has 0 spiro atoms. The molecule has 0 aliphatic heterocycles. The van der Waals surface area contributed by atoms with E-state index in [2.05, 4.69) is 0 Å². The summed E-state index contributed by atoms with van der Waals surface area (Å²) in [6.45, 7) is 1.66. The van der Waals surface area contributed by atoms with Crippen LogP contribution >= 0.6 is 0 Å². The minimum atomic E-state index is -0.996. The molecule has 0 aromatic heterocycles. The van der Waals surface area contributed by atoms with Crippen LogP contribution in [-0.4, -0.2) is 22.6 Å². The fraction of sp³-hybridized carbons (Fsp3) is 0.105. The number of aromatic carboxylic acids is 1. The van der Waals surface area contributed by atoms with Gasteiger partial charge in [0, 0.05) is 28.7 Å². The lowest BCUT2D eigenvalue weighted by Crippen LogP contribution is -2.22. The predicted molar refractivity (Wildman–Crippen MR) is 84.9 cm³/mol. The van der Waals surface area contributed by atoms with Crippen molar-refractivity contribution in [2.24, 2.45) is 0 Å². The highest BCUT2D eigenvalue weighted by atomic mass is 16.4. The number of fused-ring (bicyclic) bond motifs is 1. The van der Waals surface area contributed by atoms with E-state index < -0.39 is 5.97 Å². The van der Waals surface area contributed by atoms with Crippen LogP contribution in [0.15, 0.2) is 59.7 Å². The van der Waals surface area contributed by atoms with Gasteiger partial charge in [-0.05, 0) is 24.6 Å². The molecule has 4 heteroatoms. The van der Waals surface area contributed by atoms with Crippen molar-refractivity contribution in [2.75, 3.05) is 0 Å². The second-order valence-electron chi connectivity index (χ2n) is 5.49. The zero-order valence-electron chi connectivity index (χ0n) is 12.5. The SMILES string of the molecule is CC1=C(Cc2ccc(C(=O)O)cc2)C(=O)c2ccccc2C1=O. The number of carboxylic acids is 1. The largest absolute Gasteiger partial charge is 0.478 e. The molecule has 1 aliphatic rings. The van der Waals surface area contributed by atoms with Crippen LogP contribution in [0.1, 0.15) is 43.6 Å². The number of carboxylic acid groups (broad SMARTS) is 1. The van der Waals surface area contributed by atoms with E-state index in [-0.39, 0.29) is 17.1 Å². The highest BCUT2D eigenvalue weighted by molar-refractivity contribution is 6.26. The first-order valence-corrected chi connectivity index (χ1v) is 7.19. The lowest BCUT2D eigenvalue weighted by Gasteiger charge is -2.19. The molecule has 0 atom stereocenters. The monoisotopic (exact) mass is 306 g/mol. The Labute approximate surface area is 133 Å². The third kappa shape index (κ3) is 2.59. The summed E-state index contributed by atoms with van der Waals surface area (Å²) in [6, 6.07) is 13.1. The van der Waals surface area contributed by atoms with Crippen molar-refractivity contribution in [3.05, 3.63) is 81.9 Å². The quantitative estimate of drug-likeness (QED) is 0.944. The van der Waals surface area contributed by atoms with E-state index >= 15 is 0 Å². The second kappa shape index (κ2) is 5.65. The zero-order chi connectivity index (χ0) is 16.6. The predicted octanol–water partition coefficient (Wildman–Crippen LogP) is 3.32. The maximum absolute atomic E-state index is 12.6. The highest BCUT2D eigenvalue weighted by Gasteiger charge is 2.29. The molecule has 0 saturated carbocycles. The summed E-state index contributed by atoms with van der Waals surface area (Å²) in [6.07, 6.45) is 0.310. The van der Waals surface area contributed by atoms with Crippen LogP contribution in [0, 0.1) is 0 Å². The molecular formula is C19H14O4. The molecule has 0 radical (unpaired) electrons. The van der Waals surface area contributed by atoms with E-state index in [0.29, 0.717) is 28.7 Å². The van der Waals surface area contributed by atoms with Gasteiger partial charge in [0.2, 0.25) is 0 Å². The van der Waals surface area contributed by atoms with Crippen LogP contribution < -0.4 is 0 Å². The zero-order valence-corrected chi connectivity index (χ0v) is 12.5. The van der Waals surface area contributed by atoms with Gasteiger partial charge in [0.1, 0.15) is 0 Å². The smallest absolute Gasteiger partial charge is 0.335 e. The lowest BCUT2D eigenvalue weighted by atomic mass is 9.82. The third-order valence-electron chi connectivity index (χ3n) is 4.07. The molecule has 114 valence electrons. The Balaban J connectivity index is 1.96. The molecule has 0 unspecified atom stereocenters. The lowest BCUT2D eigenvalue weighted by molar-refractivity contribution is 0.0696. The molecule has 2 aromatic rings. The van der Waals surface area contributed by atoms with Gasteiger partial charge in [-0.2, -0.15) is 0 Å². The molecule has 1 aliphatic carbocycles. The number of ketones is 2. The Bertz CT molecular complexity index is 857. The van der Waals surface area contributed by atoms with Crippen LogP contribution in [0.25, 0.3) is 0 Å². The Hall–Kier alpha value is -3.01. The Morgan fingerprint density at radius 1 is 0.913 bits per heavy atom. The molecular weight excluding hydrogens is 292 g/mol. The first-order chi connectivity index (χ1) is 11.0. The molecule has 0 heterocycles. The molecule has 4 nitrogen and oxygen atoms in total. The van der Waals surface area contributed by atoms with Crippen molar-refractivity contribution in [3.8, 4) is 0 Å². The molecule has 1 N–H and O–H groups in total. The maximum atomic E-state index is 12.6. The molecule has 0 bridgehead atoms. The average Bonchev–Trinajstić information content (AvgIpc) is 2.57. The van der Waals surface area contributed by atoms with Crippen LogP contribution in [0.3, 0.4) is 0 Å². The Kier molecular flexibility index (Phi) is 3.66. The fourth-order valence-corrected chi connectivity index (χ4v) is 2.73. The number of carbonyl (C=O) groups excluding carboxylic acids is 2. The second-order valence-corrected chi connectivity index (χ2v) is 5.49. The summed E-state index contributed by atoms with van der Waals surface area (Å²) in [4.78, 5) is 35.9. The van der Waals surface area contributed by atoms with Crippen LogP contribution in [-0.2, 0) is 6.42 Å². The van der Waals surface area contributed by atoms with E-state index in [0.717, 1.165) is 5.56 Å². The van der Waals surface area contributed by atoms with Gasteiger partial charge in [-0.15, -0.1) is 0 Å². The highest BCUT2D eigenvalue weighted by Crippen LogP contribution is 2.28. The summed E-state index contributed by atoms with van der Waals surface area (Å²) >= 11 is 0. The molecule has 2 aromatic carbocycles. The van der Waals surface area contributed by atoms with Crippen molar-refractivity contribution in [1.82, 2.24) is 0 Å². The van der Waals surface area contributed by atoms with Crippen molar-refractivity contribution < 1.29 is 19.5 Å². The van der Waals surface area contributed by atoms with E-state index in [1.807, 2.05) is 0 Å². The molecule has 23 heavy (non-hydrogen) atoms. The van der Waals surface area contributed by atoms with Gasteiger partial charge in [0.05, 0.1) is 5.56 Å². The van der Waals surface area contributed by atoms with Gasteiger partial charge in [-0.1, -0.05) is 36.4 Å². The van der Waals surface area contributed by atoms with E-state index in [1.54, 1.807) is 43.3 Å². The van der Waals surface area contributed by atoms with E-state index in [9.17, 15) is 14.4 Å². The normalized spacial score (nSPS) is 14.0. The average molecular weight is 306 g/mol. The number of allylic oxidation sites excluding steroid dienone is 2. The van der Waals surface area contributed by atoms with E-state index in [1.165, 1.54) is 12.1 Å². The molecule has 0 amide bonds. The minimum Gasteiger partial charge on any atom is -0.478 e.